The van der Waals surface area contributed by atoms with Crippen LogP contribution in [-0.4, -0.2) is 60.6 Å². The summed E-state index contributed by atoms with van der Waals surface area (Å²) in [5.74, 6) is -4.61. The second-order valence-electron chi connectivity index (χ2n) is 7.98. The van der Waals surface area contributed by atoms with Crippen molar-refractivity contribution < 1.29 is 35.9 Å². The van der Waals surface area contributed by atoms with E-state index in [0.717, 1.165) is 22.1 Å². The van der Waals surface area contributed by atoms with Crippen LogP contribution in [0.1, 0.15) is 49.8 Å². The van der Waals surface area contributed by atoms with Crippen molar-refractivity contribution in [3.8, 4) is 0 Å². The molecule has 37 heavy (non-hydrogen) atoms. The van der Waals surface area contributed by atoms with E-state index in [0.29, 0.717) is 18.1 Å². The minimum Gasteiger partial charge on any atom is -0.346 e. The maximum absolute atomic E-state index is 14.4. The molecule has 0 radical (unpaired) electrons. The van der Waals surface area contributed by atoms with Crippen LogP contribution in [0.3, 0.4) is 0 Å². The Morgan fingerprint density at radius 1 is 1.08 bits per heavy atom. The SMILES string of the molecule is CC(F)(F)CNC(=O)c1nnc(CCC(F)Cn2cc(C(=O)NCc3cncc(C(F)(F)F)c3)nn2)s1. The second-order valence-corrected chi connectivity index (χ2v) is 9.04. The van der Waals surface area contributed by atoms with E-state index in [1.165, 1.54) is 12.4 Å². The predicted molar refractivity (Wildman–Crippen MR) is 117 cm³/mol. The molecule has 200 valence electrons. The molecule has 0 aliphatic carbocycles. The molecule has 0 fully saturated rings. The maximum atomic E-state index is 14.4. The van der Waals surface area contributed by atoms with Gasteiger partial charge in [-0.2, -0.15) is 13.2 Å². The number of pyridine rings is 1. The van der Waals surface area contributed by atoms with Gasteiger partial charge in [-0.3, -0.25) is 14.6 Å². The van der Waals surface area contributed by atoms with Gasteiger partial charge in [-0.05, 0) is 18.1 Å². The number of hydrogen-bond acceptors (Lipinski definition) is 8. The fourth-order valence-corrected chi connectivity index (χ4v) is 3.61. The van der Waals surface area contributed by atoms with Gasteiger partial charge in [-0.15, -0.1) is 15.3 Å². The van der Waals surface area contributed by atoms with E-state index in [2.05, 4.69) is 30.8 Å². The number of rotatable bonds is 11. The Morgan fingerprint density at radius 3 is 2.54 bits per heavy atom. The third-order valence-electron chi connectivity index (χ3n) is 4.62. The van der Waals surface area contributed by atoms with Gasteiger partial charge in [0.15, 0.2) is 5.69 Å². The Balaban J connectivity index is 1.45. The molecule has 3 aromatic rings. The number of aryl methyl sites for hydroxylation is 1. The van der Waals surface area contributed by atoms with Crippen LogP contribution in [0, 0.1) is 0 Å². The zero-order chi connectivity index (χ0) is 27.2. The number of nitrogens with one attached hydrogen (secondary N) is 2. The van der Waals surface area contributed by atoms with Crippen molar-refractivity contribution in [1.29, 1.82) is 0 Å². The van der Waals surface area contributed by atoms with Crippen LogP contribution in [0.2, 0.25) is 0 Å². The molecular formula is C20H20F6N8O2S. The summed E-state index contributed by atoms with van der Waals surface area (Å²) in [5.41, 5.74) is -0.988. The smallest absolute Gasteiger partial charge is 0.346 e. The van der Waals surface area contributed by atoms with Gasteiger partial charge in [-0.1, -0.05) is 16.6 Å². The minimum atomic E-state index is -4.57. The predicted octanol–water partition coefficient (Wildman–Crippen LogP) is 2.83. The monoisotopic (exact) mass is 550 g/mol. The van der Waals surface area contributed by atoms with E-state index in [9.17, 15) is 35.9 Å². The Bertz CT molecular complexity index is 1230. The molecule has 1 unspecified atom stereocenters. The molecule has 3 rings (SSSR count). The van der Waals surface area contributed by atoms with Crippen molar-refractivity contribution in [2.24, 2.45) is 0 Å². The van der Waals surface area contributed by atoms with E-state index in [1.807, 2.05) is 5.32 Å². The Labute approximate surface area is 209 Å². The Morgan fingerprint density at radius 2 is 1.84 bits per heavy atom. The lowest BCUT2D eigenvalue weighted by atomic mass is 10.2. The van der Waals surface area contributed by atoms with Gasteiger partial charge in [0.1, 0.15) is 11.2 Å². The van der Waals surface area contributed by atoms with Gasteiger partial charge in [0, 0.05) is 32.3 Å². The lowest BCUT2D eigenvalue weighted by Gasteiger charge is -2.09. The molecule has 0 saturated heterocycles. The Kier molecular flexibility index (Phi) is 8.77. The molecule has 0 spiro atoms. The van der Waals surface area contributed by atoms with E-state index in [1.54, 1.807) is 0 Å². The summed E-state index contributed by atoms with van der Waals surface area (Å²) in [7, 11) is 0. The van der Waals surface area contributed by atoms with Crippen LogP contribution in [0.15, 0.2) is 24.7 Å². The molecule has 0 aromatic carbocycles. The molecule has 10 nitrogen and oxygen atoms in total. The number of alkyl halides is 6. The van der Waals surface area contributed by atoms with Crippen molar-refractivity contribution in [1.82, 2.24) is 40.8 Å². The molecule has 3 aromatic heterocycles. The van der Waals surface area contributed by atoms with Crippen molar-refractivity contribution in [2.75, 3.05) is 6.54 Å². The zero-order valence-electron chi connectivity index (χ0n) is 19.1. The molecular weight excluding hydrogens is 530 g/mol. The minimum absolute atomic E-state index is 0.0345. The molecule has 1 atom stereocenters. The summed E-state index contributed by atoms with van der Waals surface area (Å²) in [6.45, 7) is -0.691. The van der Waals surface area contributed by atoms with Crippen LogP contribution in [-0.2, 0) is 25.7 Å². The normalized spacial score (nSPS) is 12.8. The first-order chi connectivity index (χ1) is 17.3. The number of halogens is 6. The van der Waals surface area contributed by atoms with E-state index >= 15 is 0 Å². The van der Waals surface area contributed by atoms with Crippen LogP contribution >= 0.6 is 11.3 Å². The highest BCUT2D eigenvalue weighted by atomic mass is 32.1. The molecule has 0 aliphatic rings. The summed E-state index contributed by atoms with van der Waals surface area (Å²) in [6, 6.07) is 0.856. The number of hydrogen-bond donors (Lipinski definition) is 2. The number of carbonyl (C=O) groups excluding carboxylic acids is 2. The quantitative estimate of drug-likeness (QED) is 0.352. The zero-order valence-corrected chi connectivity index (χ0v) is 19.9. The van der Waals surface area contributed by atoms with Gasteiger partial charge in [0.2, 0.25) is 5.01 Å². The number of nitrogens with zero attached hydrogens (tertiary/aromatic N) is 6. The van der Waals surface area contributed by atoms with Gasteiger partial charge in [-0.25, -0.2) is 17.9 Å². The van der Waals surface area contributed by atoms with Crippen LogP contribution < -0.4 is 10.6 Å². The highest BCUT2D eigenvalue weighted by molar-refractivity contribution is 7.13. The molecule has 2 amide bonds. The van der Waals surface area contributed by atoms with E-state index < -0.39 is 42.2 Å². The van der Waals surface area contributed by atoms with Crippen LogP contribution in [0.25, 0.3) is 0 Å². The standard InChI is InChI=1S/C20H20F6N8O2S/c1-19(22,23)10-29-17(36)18-32-31-15(37-18)3-2-13(21)8-34-9-14(30-33-34)16(35)28-6-11-4-12(7-27-5-11)20(24,25)26/h4-5,7,9,13H,2-3,6,8,10H2,1H3,(H,28,35)(H,29,36). The summed E-state index contributed by atoms with van der Waals surface area (Å²) in [4.78, 5) is 27.5. The number of aromatic nitrogens is 6. The summed E-state index contributed by atoms with van der Waals surface area (Å²) < 4.78 is 79.5. The first-order valence-electron chi connectivity index (χ1n) is 10.6. The molecule has 3 heterocycles. The average molecular weight is 550 g/mol. The van der Waals surface area contributed by atoms with Gasteiger partial charge in [0.25, 0.3) is 17.7 Å². The molecule has 0 saturated carbocycles. The average Bonchev–Trinajstić information content (AvgIpc) is 3.49. The molecule has 17 heteroatoms. The number of amides is 2. The molecule has 0 bridgehead atoms. The van der Waals surface area contributed by atoms with Gasteiger partial charge < -0.3 is 10.6 Å². The van der Waals surface area contributed by atoms with Crippen LogP contribution in [0.4, 0.5) is 26.3 Å². The highest BCUT2D eigenvalue weighted by Crippen LogP contribution is 2.28. The lowest BCUT2D eigenvalue weighted by Crippen LogP contribution is -2.34. The fraction of sp³-hybridized carbons (Fsp3) is 0.450. The van der Waals surface area contributed by atoms with Crippen molar-refractivity contribution in [3.63, 3.8) is 0 Å². The van der Waals surface area contributed by atoms with Crippen molar-refractivity contribution in [3.05, 3.63) is 51.5 Å². The Hall–Kier alpha value is -3.63. The fourth-order valence-electron chi connectivity index (χ4n) is 2.84. The van der Waals surface area contributed by atoms with E-state index in [4.69, 9.17) is 0 Å². The summed E-state index contributed by atoms with van der Waals surface area (Å²) >= 11 is 0.853. The largest absolute Gasteiger partial charge is 0.417 e. The first kappa shape index (κ1) is 27.9. The second kappa shape index (κ2) is 11.6. The lowest BCUT2D eigenvalue weighted by molar-refractivity contribution is -0.137. The third-order valence-corrected chi connectivity index (χ3v) is 5.61. The highest BCUT2D eigenvalue weighted by Gasteiger charge is 2.31. The van der Waals surface area contributed by atoms with Gasteiger partial charge in [0.05, 0.1) is 24.8 Å². The summed E-state index contributed by atoms with van der Waals surface area (Å²) in [5, 5.41) is 19.3. The van der Waals surface area contributed by atoms with Crippen molar-refractivity contribution >= 4 is 23.2 Å². The van der Waals surface area contributed by atoms with Gasteiger partial charge >= 0.3 is 6.18 Å². The summed E-state index contributed by atoms with van der Waals surface area (Å²) in [6.07, 6.45) is -2.90. The van der Waals surface area contributed by atoms with Crippen LogP contribution in [0.5, 0.6) is 0 Å². The third kappa shape index (κ3) is 8.76. The maximum Gasteiger partial charge on any atom is 0.417 e. The topological polar surface area (TPSA) is 128 Å². The number of carbonyl (C=O) groups is 2. The molecule has 0 aliphatic heterocycles. The first-order valence-corrected chi connectivity index (χ1v) is 11.4. The van der Waals surface area contributed by atoms with E-state index in [-0.39, 0.29) is 42.2 Å². The van der Waals surface area contributed by atoms with Crippen molar-refractivity contribution in [2.45, 2.75) is 51.1 Å². The molecule has 2 N–H and O–H groups in total.